The van der Waals surface area contributed by atoms with Crippen molar-refractivity contribution in [3.63, 3.8) is 0 Å². The van der Waals surface area contributed by atoms with Crippen molar-refractivity contribution < 1.29 is 14.3 Å². The van der Waals surface area contributed by atoms with Crippen molar-refractivity contribution in [3.05, 3.63) is 84.4 Å². The summed E-state index contributed by atoms with van der Waals surface area (Å²) in [5.74, 6) is 1.17. The van der Waals surface area contributed by atoms with Crippen molar-refractivity contribution in [3.8, 4) is 11.5 Å². The van der Waals surface area contributed by atoms with Gasteiger partial charge in [0.25, 0.3) is 5.91 Å². The number of rotatable bonds is 8. The number of benzene rings is 3. The molecule has 0 saturated carbocycles. The largest absolute Gasteiger partial charge is 0.493 e. The van der Waals surface area contributed by atoms with E-state index in [9.17, 15) is 4.79 Å². The molecule has 27 heavy (non-hydrogen) atoms. The lowest BCUT2D eigenvalue weighted by Crippen LogP contribution is -2.28. The molecule has 5 heteroatoms. The van der Waals surface area contributed by atoms with Crippen LogP contribution in [0.1, 0.15) is 10.4 Å². The summed E-state index contributed by atoms with van der Waals surface area (Å²) in [4.78, 5) is 12.6. The second-order valence-electron chi connectivity index (χ2n) is 5.79. The lowest BCUT2D eigenvalue weighted by Gasteiger charge is -2.13. The average molecular weight is 362 g/mol. The van der Waals surface area contributed by atoms with Gasteiger partial charge in [-0.25, -0.2) is 0 Å². The molecule has 0 saturated heterocycles. The van der Waals surface area contributed by atoms with Gasteiger partial charge in [0.05, 0.1) is 24.9 Å². The Bertz CT molecular complexity index is 881. The van der Waals surface area contributed by atoms with Gasteiger partial charge in [-0.3, -0.25) is 4.79 Å². The Morgan fingerprint density at radius 2 is 1.52 bits per heavy atom. The maximum absolute atomic E-state index is 12.6. The second kappa shape index (κ2) is 9.29. The molecule has 1 amide bonds. The Labute approximate surface area is 158 Å². The second-order valence-corrected chi connectivity index (χ2v) is 5.79. The lowest BCUT2D eigenvalue weighted by atomic mass is 10.1. The number of ether oxygens (including phenoxy) is 2. The highest BCUT2D eigenvalue weighted by atomic mass is 16.5. The molecule has 0 heterocycles. The third-order valence-corrected chi connectivity index (χ3v) is 3.94. The summed E-state index contributed by atoms with van der Waals surface area (Å²) in [6.07, 6.45) is 0. The van der Waals surface area contributed by atoms with Crippen LogP contribution in [0.15, 0.2) is 78.9 Å². The van der Waals surface area contributed by atoms with Crippen LogP contribution >= 0.6 is 0 Å². The Balaban J connectivity index is 1.57. The van der Waals surface area contributed by atoms with E-state index in [4.69, 9.17) is 9.47 Å². The van der Waals surface area contributed by atoms with Gasteiger partial charge in [0.1, 0.15) is 6.61 Å². The predicted octanol–water partition coefficient (Wildman–Crippen LogP) is 4.25. The van der Waals surface area contributed by atoms with Crippen LogP contribution in [0, 0.1) is 0 Å². The van der Waals surface area contributed by atoms with Gasteiger partial charge in [0, 0.05) is 5.69 Å². The molecule has 0 aromatic heterocycles. The smallest absolute Gasteiger partial charge is 0.253 e. The molecule has 2 N–H and O–H groups in total. The molecule has 0 unspecified atom stereocenters. The zero-order chi connectivity index (χ0) is 18.9. The van der Waals surface area contributed by atoms with Crippen molar-refractivity contribution in [1.29, 1.82) is 0 Å². The number of nitrogens with one attached hydrogen (secondary N) is 2. The van der Waals surface area contributed by atoms with E-state index in [2.05, 4.69) is 10.6 Å². The number of carbonyl (C=O) groups is 1. The molecule has 0 fully saturated rings. The van der Waals surface area contributed by atoms with Crippen LogP contribution in [-0.4, -0.2) is 26.2 Å². The zero-order valence-corrected chi connectivity index (χ0v) is 15.1. The van der Waals surface area contributed by atoms with Gasteiger partial charge in [0.15, 0.2) is 11.5 Å². The molecule has 3 rings (SSSR count). The molecule has 0 atom stereocenters. The van der Waals surface area contributed by atoms with Gasteiger partial charge in [-0.1, -0.05) is 42.5 Å². The SMILES string of the molecule is COc1ccccc1OCCNC(=O)c1ccccc1Nc1ccccc1. The minimum absolute atomic E-state index is 0.155. The molecule has 0 spiro atoms. The number of para-hydroxylation sites is 4. The molecule has 0 radical (unpaired) electrons. The van der Waals surface area contributed by atoms with Crippen LogP contribution in [0.4, 0.5) is 11.4 Å². The number of hydrogen-bond donors (Lipinski definition) is 2. The zero-order valence-electron chi connectivity index (χ0n) is 15.1. The standard InChI is InChI=1S/C22H22N2O3/c1-26-20-13-7-8-14-21(20)27-16-15-23-22(25)18-11-5-6-12-19(18)24-17-9-3-2-4-10-17/h2-14,24H,15-16H2,1H3,(H,23,25). The van der Waals surface area contributed by atoms with E-state index >= 15 is 0 Å². The third-order valence-electron chi connectivity index (χ3n) is 3.94. The van der Waals surface area contributed by atoms with E-state index in [0.29, 0.717) is 30.2 Å². The molecule has 0 bridgehead atoms. The normalized spacial score (nSPS) is 10.1. The van der Waals surface area contributed by atoms with Crippen molar-refractivity contribution in [2.45, 2.75) is 0 Å². The summed E-state index contributed by atoms with van der Waals surface area (Å²) in [5.41, 5.74) is 2.27. The fraction of sp³-hybridized carbons (Fsp3) is 0.136. The van der Waals surface area contributed by atoms with Gasteiger partial charge in [-0.05, 0) is 36.4 Å². The van der Waals surface area contributed by atoms with Gasteiger partial charge in [-0.2, -0.15) is 0 Å². The summed E-state index contributed by atoms with van der Waals surface area (Å²) in [6, 6.07) is 24.6. The molecule has 0 aliphatic heterocycles. The van der Waals surface area contributed by atoms with E-state index in [-0.39, 0.29) is 5.91 Å². The number of anilines is 2. The van der Waals surface area contributed by atoms with Gasteiger partial charge >= 0.3 is 0 Å². The summed E-state index contributed by atoms with van der Waals surface area (Å²) in [6.45, 7) is 0.733. The summed E-state index contributed by atoms with van der Waals surface area (Å²) in [5, 5.41) is 6.16. The van der Waals surface area contributed by atoms with Gasteiger partial charge in [0.2, 0.25) is 0 Å². The van der Waals surface area contributed by atoms with E-state index < -0.39 is 0 Å². The monoisotopic (exact) mass is 362 g/mol. The highest BCUT2D eigenvalue weighted by Gasteiger charge is 2.11. The molecular formula is C22H22N2O3. The Morgan fingerprint density at radius 3 is 2.30 bits per heavy atom. The molecule has 5 nitrogen and oxygen atoms in total. The van der Waals surface area contributed by atoms with Gasteiger partial charge in [-0.15, -0.1) is 0 Å². The van der Waals surface area contributed by atoms with Crippen molar-refractivity contribution in [1.82, 2.24) is 5.32 Å². The Morgan fingerprint density at radius 1 is 0.852 bits per heavy atom. The molecular weight excluding hydrogens is 340 g/mol. The van der Waals surface area contributed by atoms with Crippen molar-refractivity contribution in [2.75, 3.05) is 25.6 Å². The fourth-order valence-electron chi connectivity index (χ4n) is 2.63. The summed E-state index contributed by atoms with van der Waals surface area (Å²) in [7, 11) is 1.60. The van der Waals surface area contributed by atoms with E-state index in [0.717, 1.165) is 11.4 Å². The quantitative estimate of drug-likeness (QED) is 0.588. The highest BCUT2D eigenvalue weighted by Crippen LogP contribution is 2.25. The van der Waals surface area contributed by atoms with Crippen LogP contribution in [0.3, 0.4) is 0 Å². The number of carbonyl (C=O) groups excluding carboxylic acids is 1. The predicted molar refractivity (Wildman–Crippen MR) is 107 cm³/mol. The van der Waals surface area contributed by atoms with Crippen molar-refractivity contribution in [2.24, 2.45) is 0 Å². The third kappa shape index (κ3) is 5.01. The van der Waals surface area contributed by atoms with Crippen molar-refractivity contribution >= 4 is 17.3 Å². The summed E-state index contributed by atoms with van der Waals surface area (Å²) >= 11 is 0. The Hall–Kier alpha value is -3.47. The number of hydrogen-bond acceptors (Lipinski definition) is 4. The van der Waals surface area contributed by atoms with Crippen LogP contribution in [0.25, 0.3) is 0 Å². The number of amides is 1. The first-order valence-electron chi connectivity index (χ1n) is 8.73. The van der Waals surface area contributed by atoms with Crippen LogP contribution in [0.5, 0.6) is 11.5 Å². The number of methoxy groups -OCH3 is 1. The van der Waals surface area contributed by atoms with E-state index in [1.807, 2.05) is 72.8 Å². The van der Waals surface area contributed by atoms with Gasteiger partial charge < -0.3 is 20.1 Å². The van der Waals surface area contributed by atoms with Crippen LogP contribution in [-0.2, 0) is 0 Å². The molecule has 0 aliphatic carbocycles. The average Bonchev–Trinajstić information content (AvgIpc) is 2.72. The van der Waals surface area contributed by atoms with E-state index in [1.54, 1.807) is 13.2 Å². The highest BCUT2D eigenvalue weighted by molar-refractivity contribution is 6.00. The van der Waals surface area contributed by atoms with Crippen LogP contribution in [0.2, 0.25) is 0 Å². The van der Waals surface area contributed by atoms with E-state index in [1.165, 1.54) is 0 Å². The first-order valence-corrected chi connectivity index (χ1v) is 8.73. The maximum atomic E-state index is 12.6. The maximum Gasteiger partial charge on any atom is 0.253 e. The fourth-order valence-corrected chi connectivity index (χ4v) is 2.63. The molecule has 0 aliphatic rings. The van der Waals surface area contributed by atoms with Crippen LogP contribution < -0.4 is 20.1 Å². The molecule has 3 aromatic carbocycles. The first-order chi connectivity index (χ1) is 13.3. The topological polar surface area (TPSA) is 59.6 Å². The molecule has 138 valence electrons. The molecule has 3 aromatic rings. The Kier molecular flexibility index (Phi) is 6.30. The summed E-state index contributed by atoms with van der Waals surface area (Å²) < 4.78 is 10.9. The lowest BCUT2D eigenvalue weighted by molar-refractivity contribution is 0.0947. The minimum Gasteiger partial charge on any atom is -0.493 e. The minimum atomic E-state index is -0.155. The first kappa shape index (κ1) is 18.3.